The Hall–Kier alpha value is -1.77. The van der Waals surface area contributed by atoms with Crippen molar-refractivity contribution in [3.8, 4) is 0 Å². The van der Waals surface area contributed by atoms with Crippen molar-refractivity contribution in [1.29, 1.82) is 0 Å². The average molecular weight is 300 g/mol. The van der Waals surface area contributed by atoms with Gasteiger partial charge in [-0.15, -0.1) is 0 Å². The van der Waals surface area contributed by atoms with Gasteiger partial charge in [0.25, 0.3) is 0 Å². The number of likely N-dealkylation sites (N-methyl/N-ethyl adjacent to an activating group) is 1. The quantitative estimate of drug-likeness (QED) is 0.741. The highest BCUT2D eigenvalue weighted by molar-refractivity contribution is 6.31. The summed E-state index contributed by atoms with van der Waals surface area (Å²) in [6, 6.07) is 16.5. The van der Waals surface area contributed by atoms with Crippen LogP contribution >= 0.6 is 11.6 Å². The van der Waals surface area contributed by atoms with Crippen LogP contribution < -0.4 is 5.32 Å². The van der Waals surface area contributed by atoms with Gasteiger partial charge in [-0.2, -0.15) is 0 Å². The largest absolute Gasteiger partial charge is 0.459 e. The van der Waals surface area contributed by atoms with Gasteiger partial charge in [-0.05, 0) is 50.2 Å². The maximum atomic E-state index is 6.03. The van der Waals surface area contributed by atoms with Crippen LogP contribution in [-0.4, -0.2) is 7.05 Å². The number of benzene rings is 2. The molecular formula is C18H18ClNO. The molecule has 0 fully saturated rings. The summed E-state index contributed by atoms with van der Waals surface area (Å²) < 4.78 is 5.95. The van der Waals surface area contributed by atoms with E-state index in [-0.39, 0.29) is 6.04 Å². The first-order chi connectivity index (χ1) is 10.2. The van der Waals surface area contributed by atoms with E-state index in [1.54, 1.807) is 0 Å². The molecule has 0 aliphatic heterocycles. The number of aryl methyl sites for hydroxylation is 1. The second-order valence-electron chi connectivity index (χ2n) is 5.36. The summed E-state index contributed by atoms with van der Waals surface area (Å²) in [5.41, 5.74) is 3.44. The number of rotatable bonds is 4. The molecule has 0 amide bonds. The smallest absolute Gasteiger partial charge is 0.134 e. The lowest BCUT2D eigenvalue weighted by Gasteiger charge is -2.13. The Morgan fingerprint density at radius 3 is 2.57 bits per heavy atom. The molecule has 108 valence electrons. The molecule has 0 saturated carbocycles. The number of halogens is 1. The second-order valence-corrected chi connectivity index (χ2v) is 5.80. The Morgan fingerprint density at radius 1 is 1.10 bits per heavy atom. The zero-order chi connectivity index (χ0) is 14.8. The summed E-state index contributed by atoms with van der Waals surface area (Å²) in [7, 11) is 1.96. The third-order valence-corrected chi connectivity index (χ3v) is 3.98. The zero-order valence-electron chi connectivity index (χ0n) is 12.2. The van der Waals surface area contributed by atoms with Crippen molar-refractivity contribution in [1.82, 2.24) is 5.32 Å². The van der Waals surface area contributed by atoms with Gasteiger partial charge in [0, 0.05) is 10.4 Å². The second kappa shape index (κ2) is 5.92. The van der Waals surface area contributed by atoms with Crippen molar-refractivity contribution in [2.75, 3.05) is 7.05 Å². The van der Waals surface area contributed by atoms with E-state index in [1.807, 2.05) is 25.2 Å². The van der Waals surface area contributed by atoms with Gasteiger partial charge < -0.3 is 9.73 Å². The fourth-order valence-electron chi connectivity index (χ4n) is 2.51. The third-order valence-electron chi connectivity index (χ3n) is 3.75. The lowest BCUT2D eigenvalue weighted by molar-refractivity contribution is 0.451. The fourth-order valence-corrected chi connectivity index (χ4v) is 2.69. The SMILES string of the molecule is CNC(Cc1ccc(C)cc1)c1cc2cc(Cl)ccc2o1. The molecular weight excluding hydrogens is 282 g/mol. The predicted octanol–water partition coefficient (Wildman–Crippen LogP) is 4.90. The van der Waals surface area contributed by atoms with E-state index in [9.17, 15) is 0 Å². The van der Waals surface area contributed by atoms with Crippen LogP contribution in [0, 0.1) is 6.92 Å². The maximum Gasteiger partial charge on any atom is 0.134 e. The first-order valence-electron chi connectivity index (χ1n) is 7.07. The van der Waals surface area contributed by atoms with Gasteiger partial charge in [-0.25, -0.2) is 0 Å². The highest BCUT2D eigenvalue weighted by atomic mass is 35.5. The van der Waals surface area contributed by atoms with E-state index in [0.29, 0.717) is 0 Å². The van der Waals surface area contributed by atoms with Crippen LogP contribution in [0.2, 0.25) is 5.02 Å². The highest BCUT2D eigenvalue weighted by Crippen LogP contribution is 2.28. The van der Waals surface area contributed by atoms with E-state index in [2.05, 4.69) is 42.6 Å². The van der Waals surface area contributed by atoms with Crippen molar-refractivity contribution in [3.63, 3.8) is 0 Å². The summed E-state index contributed by atoms with van der Waals surface area (Å²) in [6.45, 7) is 2.10. The summed E-state index contributed by atoms with van der Waals surface area (Å²) >= 11 is 6.03. The number of nitrogens with one attached hydrogen (secondary N) is 1. The van der Waals surface area contributed by atoms with Crippen molar-refractivity contribution in [2.45, 2.75) is 19.4 Å². The van der Waals surface area contributed by atoms with Crippen LogP contribution in [0.1, 0.15) is 22.9 Å². The molecule has 0 bridgehead atoms. The normalized spacial score (nSPS) is 12.7. The van der Waals surface area contributed by atoms with Crippen molar-refractivity contribution >= 4 is 22.6 Å². The predicted molar refractivity (Wildman–Crippen MR) is 87.9 cm³/mol. The topological polar surface area (TPSA) is 25.2 Å². The number of hydrogen-bond donors (Lipinski definition) is 1. The van der Waals surface area contributed by atoms with E-state index in [4.69, 9.17) is 16.0 Å². The molecule has 21 heavy (non-hydrogen) atoms. The zero-order valence-corrected chi connectivity index (χ0v) is 12.9. The Kier molecular flexibility index (Phi) is 4.00. The van der Waals surface area contributed by atoms with E-state index < -0.39 is 0 Å². The van der Waals surface area contributed by atoms with Gasteiger partial charge in [-0.1, -0.05) is 41.4 Å². The average Bonchev–Trinajstić information content (AvgIpc) is 2.89. The number of furan rings is 1. The molecule has 2 aromatic carbocycles. The van der Waals surface area contributed by atoms with Crippen LogP contribution in [0.3, 0.4) is 0 Å². The molecule has 3 heteroatoms. The van der Waals surface area contributed by atoms with Crippen molar-refractivity contribution in [2.24, 2.45) is 0 Å². The van der Waals surface area contributed by atoms with Crippen LogP contribution in [0.25, 0.3) is 11.0 Å². The molecule has 0 radical (unpaired) electrons. The van der Waals surface area contributed by atoms with Gasteiger partial charge in [0.1, 0.15) is 11.3 Å². The Balaban J connectivity index is 1.88. The third kappa shape index (κ3) is 3.12. The van der Waals surface area contributed by atoms with Gasteiger partial charge in [0.2, 0.25) is 0 Å². The summed E-state index contributed by atoms with van der Waals surface area (Å²) in [6.07, 6.45) is 0.893. The summed E-state index contributed by atoms with van der Waals surface area (Å²) in [5, 5.41) is 5.10. The molecule has 0 aliphatic carbocycles. The number of fused-ring (bicyclic) bond motifs is 1. The van der Waals surface area contributed by atoms with Gasteiger partial charge in [0.15, 0.2) is 0 Å². The maximum absolute atomic E-state index is 6.03. The molecule has 0 aliphatic rings. The van der Waals surface area contributed by atoms with Crippen molar-refractivity contribution < 1.29 is 4.42 Å². The molecule has 3 aromatic rings. The minimum atomic E-state index is 0.152. The van der Waals surface area contributed by atoms with Crippen LogP contribution in [-0.2, 0) is 6.42 Å². The Morgan fingerprint density at radius 2 is 1.86 bits per heavy atom. The summed E-state index contributed by atoms with van der Waals surface area (Å²) in [5.74, 6) is 0.940. The summed E-state index contributed by atoms with van der Waals surface area (Å²) in [4.78, 5) is 0. The molecule has 1 N–H and O–H groups in total. The molecule has 1 unspecified atom stereocenters. The van der Waals surface area contributed by atoms with Gasteiger partial charge >= 0.3 is 0 Å². The molecule has 1 atom stereocenters. The van der Waals surface area contributed by atoms with Gasteiger partial charge in [0.05, 0.1) is 6.04 Å². The fraction of sp³-hybridized carbons (Fsp3) is 0.222. The Bertz CT molecular complexity index is 746. The van der Waals surface area contributed by atoms with Crippen LogP contribution in [0.4, 0.5) is 0 Å². The minimum absolute atomic E-state index is 0.152. The van der Waals surface area contributed by atoms with Crippen LogP contribution in [0.15, 0.2) is 52.9 Å². The molecule has 1 heterocycles. The van der Waals surface area contributed by atoms with Gasteiger partial charge in [-0.3, -0.25) is 0 Å². The molecule has 2 nitrogen and oxygen atoms in total. The highest BCUT2D eigenvalue weighted by Gasteiger charge is 2.15. The lowest BCUT2D eigenvalue weighted by atomic mass is 10.0. The van der Waals surface area contributed by atoms with Crippen molar-refractivity contribution in [3.05, 3.63) is 70.4 Å². The standard InChI is InChI=1S/C18H18ClNO/c1-12-3-5-13(6-4-12)9-16(20-2)18-11-14-10-15(19)7-8-17(14)21-18/h3-8,10-11,16,20H,9H2,1-2H3. The molecule has 0 spiro atoms. The number of hydrogen-bond acceptors (Lipinski definition) is 2. The van der Waals surface area contributed by atoms with E-state index in [1.165, 1.54) is 11.1 Å². The molecule has 1 aromatic heterocycles. The lowest BCUT2D eigenvalue weighted by Crippen LogP contribution is -2.18. The Labute approximate surface area is 129 Å². The van der Waals surface area contributed by atoms with Crippen LogP contribution in [0.5, 0.6) is 0 Å². The molecule has 3 rings (SSSR count). The minimum Gasteiger partial charge on any atom is -0.459 e. The first-order valence-corrected chi connectivity index (χ1v) is 7.45. The van der Waals surface area contributed by atoms with E-state index >= 15 is 0 Å². The first kappa shape index (κ1) is 14.2. The molecule has 0 saturated heterocycles. The monoisotopic (exact) mass is 299 g/mol. The van der Waals surface area contributed by atoms with E-state index in [0.717, 1.165) is 28.2 Å².